The maximum absolute atomic E-state index is 12.1. The molecule has 1 unspecified atom stereocenters. The lowest BCUT2D eigenvalue weighted by Crippen LogP contribution is -2.38. The number of nitrogens with two attached hydrogens (primary N) is 1. The summed E-state index contributed by atoms with van der Waals surface area (Å²) in [7, 11) is 0. The van der Waals surface area contributed by atoms with Gasteiger partial charge in [-0.05, 0) is 19.1 Å². The number of hydrogen-bond donors (Lipinski definition) is 1. The summed E-state index contributed by atoms with van der Waals surface area (Å²) in [5.41, 5.74) is 6.20. The average Bonchev–Trinajstić information content (AvgIpc) is 2.35. The Morgan fingerprint density at radius 2 is 2.12 bits per heavy atom. The minimum Gasteiger partial charge on any atom is -0.393 e. The van der Waals surface area contributed by atoms with E-state index in [0.717, 1.165) is 0 Å². The first-order valence-electron chi connectivity index (χ1n) is 5.54. The van der Waals surface area contributed by atoms with E-state index < -0.39 is 0 Å². The highest BCUT2D eigenvalue weighted by molar-refractivity contribution is 7.80. The molecule has 0 radical (unpaired) electrons. The lowest BCUT2D eigenvalue weighted by atomic mass is 10.1. The fourth-order valence-corrected chi connectivity index (χ4v) is 1.53. The zero-order valence-corrected chi connectivity index (χ0v) is 10.9. The van der Waals surface area contributed by atoms with Gasteiger partial charge in [0.2, 0.25) is 0 Å². The van der Waals surface area contributed by atoms with Crippen LogP contribution in [0.25, 0.3) is 0 Å². The second kappa shape index (κ2) is 6.30. The standard InChI is InChI=1S/C12H17N3OS/c1-3-15(8-9(2)11(13)17)12(16)10-4-6-14-7-5-10/h4-7,9H,3,8H2,1-2H3,(H2,13,17). The van der Waals surface area contributed by atoms with E-state index in [1.165, 1.54) is 0 Å². The summed E-state index contributed by atoms with van der Waals surface area (Å²) in [4.78, 5) is 18.2. The van der Waals surface area contributed by atoms with Gasteiger partial charge in [-0.15, -0.1) is 0 Å². The molecule has 0 spiro atoms. The lowest BCUT2D eigenvalue weighted by Gasteiger charge is -2.24. The summed E-state index contributed by atoms with van der Waals surface area (Å²) in [6, 6.07) is 3.41. The maximum atomic E-state index is 12.1. The zero-order valence-electron chi connectivity index (χ0n) is 10.1. The molecule has 0 aliphatic rings. The van der Waals surface area contributed by atoms with Crippen LogP contribution in [0, 0.1) is 5.92 Å². The van der Waals surface area contributed by atoms with Crippen LogP contribution in [0.15, 0.2) is 24.5 Å². The monoisotopic (exact) mass is 251 g/mol. The molecule has 0 bridgehead atoms. The number of thiocarbonyl (C=S) groups is 1. The Morgan fingerprint density at radius 3 is 2.59 bits per heavy atom. The first-order valence-corrected chi connectivity index (χ1v) is 5.95. The SMILES string of the molecule is CCN(CC(C)C(N)=S)C(=O)c1ccncc1. The minimum absolute atomic E-state index is 0.0157. The van der Waals surface area contributed by atoms with Gasteiger partial charge in [0.05, 0.1) is 4.99 Å². The van der Waals surface area contributed by atoms with E-state index in [2.05, 4.69) is 4.98 Å². The van der Waals surface area contributed by atoms with Crippen molar-refractivity contribution >= 4 is 23.1 Å². The van der Waals surface area contributed by atoms with Crippen molar-refractivity contribution in [2.24, 2.45) is 11.7 Å². The van der Waals surface area contributed by atoms with Crippen molar-refractivity contribution < 1.29 is 4.79 Å². The quantitative estimate of drug-likeness (QED) is 0.805. The van der Waals surface area contributed by atoms with Gasteiger partial charge in [-0.3, -0.25) is 9.78 Å². The van der Waals surface area contributed by atoms with Gasteiger partial charge in [0.25, 0.3) is 5.91 Å². The number of hydrogen-bond acceptors (Lipinski definition) is 3. The summed E-state index contributed by atoms with van der Waals surface area (Å²) in [6.07, 6.45) is 3.22. The molecule has 0 saturated heterocycles. The van der Waals surface area contributed by atoms with Crippen molar-refractivity contribution in [3.63, 3.8) is 0 Å². The van der Waals surface area contributed by atoms with E-state index in [1.807, 2.05) is 13.8 Å². The number of nitrogens with zero attached hydrogens (tertiary/aromatic N) is 2. The summed E-state index contributed by atoms with van der Waals surface area (Å²) < 4.78 is 0. The third-order valence-electron chi connectivity index (χ3n) is 2.58. The summed E-state index contributed by atoms with van der Waals surface area (Å²) in [5.74, 6) is 0.00809. The Bertz CT molecular complexity index is 394. The van der Waals surface area contributed by atoms with Crippen molar-refractivity contribution in [2.75, 3.05) is 13.1 Å². The highest BCUT2D eigenvalue weighted by atomic mass is 32.1. The molecular weight excluding hydrogens is 234 g/mol. The smallest absolute Gasteiger partial charge is 0.253 e. The number of amides is 1. The molecule has 4 nitrogen and oxygen atoms in total. The molecule has 5 heteroatoms. The molecule has 1 amide bonds. The topological polar surface area (TPSA) is 59.2 Å². The third kappa shape index (κ3) is 3.78. The number of carbonyl (C=O) groups is 1. The van der Waals surface area contributed by atoms with Gasteiger partial charge < -0.3 is 10.6 Å². The van der Waals surface area contributed by atoms with Crippen LogP contribution >= 0.6 is 12.2 Å². The molecule has 1 rings (SSSR count). The second-order valence-electron chi connectivity index (χ2n) is 3.88. The van der Waals surface area contributed by atoms with Crippen molar-refractivity contribution in [3.8, 4) is 0 Å². The molecular formula is C12H17N3OS. The predicted octanol–water partition coefficient (Wildman–Crippen LogP) is 1.47. The highest BCUT2D eigenvalue weighted by Crippen LogP contribution is 2.07. The molecule has 1 heterocycles. The fraction of sp³-hybridized carbons (Fsp3) is 0.417. The first kappa shape index (κ1) is 13.6. The van der Waals surface area contributed by atoms with E-state index >= 15 is 0 Å². The van der Waals surface area contributed by atoms with Crippen LogP contribution in [0.1, 0.15) is 24.2 Å². The molecule has 0 aliphatic carbocycles. The van der Waals surface area contributed by atoms with Crippen LogP contribution in [-0.4, -0.2) is 33.9 Å². The van der Waals surface area contributed by atoms with Gasteiger partial charge in [-0.25, -0.2) is 0 Å². The van der Waals surface area contributed by atoms with Crippen LogP contribution in [0.4, 0.5) is 0 Å². The molecule has 0 fully saturated rings. The van der Waals surface area contributed by atoms with Gasteiger partial charge in [-0.2, -0.15) is 0 Å². The minimum atomic E-state index is -0.0157. The van der Waals surface area contributed by atoms with Gasteiger partial charge >= 0.3 is 0 Å². The van der Waals surface area contributed by atoms with Crippen molar-refractivity contribution in [1.82, 2.24) is 9.88 Å². The van der Waals surface area contributed by atoms with Gasteiger partial charge in [-0.1, -0.05) is 19.1 Å². The zero-order chi connectivity index (χ0) is 12.8. The van der Waals surface area contributed by atoms with Crippen molar-refractivity contribution in [1.29, 1.82) is 0 Å². The van der Waals surface area contributed by atoms with E-state index in [9.17, 15) is 4.79 Å². The van der Waals surface area contributed by atoms with Crippen molar-refractivity contribution in [2.45, 2.75) is 13.8 Å². The van der Waals surface area contributed by atoms with Crippen LogP contribution in [-0.2, 0) is 0 Å². The molecule has 1 aromatic rings. The van der Waals surface area contributed by atoms with Gasteiger partial charge in [0.1, 0.15) is 0 Å². The average molecular weight is 251 g/mol. The molecule has 0 saturated carbocycles. The number of carbonyl (C=O) groups excluding carboxylic acids is 1. The van der Waals surface area contributed by atoms with Crippen LogP contribution < -0.4 is 5.73 Å². The predicted molar refractivity (Wildman–Crippen MR) is 71.8 cm³/mol. The Labute approximate surface area is 107 Å². The lowest BCUT2D eigenvalue weighted by molar-refractivity contribution is 0.0755. The summed E-state index contributed by atoms with van der Waals surface area (Å²) in [6.45, 7) is 5.04. The van der Waals surface area contributed by atoms with E-state index in [-0.39, 0.29) is 11.8 Å². The van der Waals surface area contributed by atoms with Crippen LogP contribution in [0.5, 0.6) is 0 Å². The Kier molecular flexibility index (Phi) is 5.03. The van der Waals surface area contributed by atoms with Crippen LogP contribution in [0.3, 0.4) is 0 Å². The molecule has 1 atom stereocenters. The Balaban J connectivity index is 2.75. The van der Waals surface area contributed by atoms with Gasteiger partial charge in [0.15, 0.2) is 0 Å². The number of rotatable bonds is 5. The van der Waals surface area contributed by atoms with Crippen LogP contribution in [0.2, 0.25) is 0 Å². The maximum Gasteiger partial charge on any atom is 0.253 e. The number of aromatic nitrogens is 1. The summed E-state index contributed by atoms with van der Waals surface area (Å²) in [5, 5.41) is 0. The van der Waals surface area contributed by atoms with E-state index in [0.29, 0.717) is 23.6 Å². The van der Waals surface area contributed by atoms with E-state index in [4.69, 9.17) is 18.0 Å². The molecule has 2 N–H and O–H groups in total. The van der Waals surface area contributed by atoms with Crippen molar-refractivity contribution in [3.05, 3.63) is 30.1 Å². The largest absolute Gasteiger partial charge is 0.393 e. The Morgan fingerprint density at radius 1 is 1.53 bits per heavy atom. The second-order valence-corrected chi connectivity index (χ2v) is 4.35. The molecule has 17 heavy (non-hydrogen) atoms. The molecule has 0 aromatic carbocycles. The summed E-state index contributed by atoms with van der Waals surface area (Å²) >= 11 is 4.92. The number of pyridine rings is 1. The van der Waals surface area contributed by atoms with E-state index in [1.54, 1.807) is 29.4 Å². The third-order valence-corrected chi connectivity index (χ3v) is 2.98. The first-order chi connectivity index (χ1) is 8.06. The molecule has 92 valence electrons. The van der Waals surface area contributed by atoms with Gasteiger partial charge in [0, 0.05) is 37.0 Å². The molecule has 1 aromatic heterocycles. The normalized spacial score (nSPS) is 11.9. The fourth-order valence-electron chi connectivity index (χ4n) is 1.45. The highest BCUT2D eigenvalue weighted by Gasteiger charge is 2.17. The molecule has 0 aliphatic heterocycles. The Hall–Kier alpha value is -1.49.